The van der Waals surface area contributed by atoms with Gasteiger partial charge in [-0.3, -0.25) is 0 Å². The van der Waals surface area contributed by atoms with Gasteiger partial charge in [-0.2, -0.15) is 4.67 Å². The SMILES string of the molecule is C=C/C=C(/CN([C@H](C)c1ccccc1)p1oc(/C=C\C)c(C)c(=C)/c(=C\C=C)o1)C(=C)C. The zero-order chi connectivity index (χ0) is 23.7. The van der Waals surface area contributed by atoms with Crippen LogP contribution in [0.4, 0.5) is 0 Å². The molecule has 0 spiro atoms. The Labute approximate surface area is 193 Å². The van der Waals surface area contributed by atoms with Gasteiger partial charge in [0.25, 0.3) is 0 Å². The fourth-order valence-corrected chi connectivity index (χ4v) is 4.82. The average Bonchev–Trinajstić information content (AvgIpc) is 2.89. The summed E-state index contributed by atoms with van der Waals surface area (Å²) in [5.41, 5.74) is 4.83. The molecular weight excluding hydrogens is 413 g/mol. The molecule has 3 nitrogen and oxygen atoms in total. The Kier molecular flexibility index (Phi) is 9.59. The highest BCUT2D eigenvalue weighted by atomic mass is 31.1. The van der Waals surface area contributed by atoms with Crippen molar-refractivity contribution >= 4 is 26.9 Å². The van der Waals surface area contributed by atoms with Gasteiger partial charge in [-0.1, -0.05) is 86.5 Å². The highest BCUT2D eigenvalue weighted by Crippen LogP contribution is 2.37. The molecule has 1 aromatic carbocycles. The Morgan fingerprint density at radius 3 is 2.41 bits per heavy atom. The lowest BCUT2D eigenvalue weighted by molar-refractivity contribution is 0.540. The van der Waals surface area contributed by atoms with Gasteiger partial charge in [-0.15, -0.1) is 0 Å². The molecule has 0 aliphatic heterocycles. The van der Waals surface area contributed by atoms with Crippen LogP contribution < -0.4 is 15.3 Å². The normalized spacial score (nSPS) is 14.0. The van der Waals surface area contributed by atoms with Crippen molar-refractivity contribution < 1.29 is 8.39 Å². The Bertz CT molecular complexity index is 1170. The van der Waals surface area contributed by atoms with Crippen molar-refractivity contribution in [2.24, 2.45) is 0 Å². The minimum absolute atomic E-state index is 0.0263. The van der Waals surface area contributed by atoms with E-state index in [1.54, 1.807) is 12.2 Å². The third kappa shape index (κ3) is 6.26. The van der Waals surface area contributed by atoms with Crippen LogP contribution in [0.5, 0.6) is 0 Å². The van der Waals surface area contributed by atoms with Gasteiger partial charge in [0.1, 0.15) is 11.2 Å². The number of hydrogen-bond acceptors (Lipinski definition) is 3. The standard InChI is InChI=1S/C28H34NO2P/c1-9-15-26(21(4)5)20-29(24(8)25-18-13-12-14-19-25)32-30-27(16-10-2)22(6)23(7)28(31-32)17-11-3/h9-19,24H,1-2,4,6,20H2,3,5,7-8H3/b17-11-,26-15-,27-16+/t24-,32?/m1/s1. The van der Waals surface area contributed by atoms with E-state index >= 15 is 0 Å². The predicted octanol–water partition coefficient (Wildman–Crippen LogP) is 7.09. The predicted molar refractivity (Wildman–Crippen MR) is 141 cm³/mol. The molecular formula is C28H34NO2P. The van der Waals surface area contributed by atoms with E-state index in [4.69, 9.17) is 8.39 Å². The van der Waals surface area contributed by atoms with Crippen molar-refractivity contribution in [2.75, 3.05) is 11.2 Å². The first-order valence-corrected chi connectivity index (χ1v) is 11.8. The van der Waals surface area contributed by atoms with Gasteiger partial charge < -0.3 is 8.39 Å². The highest BCUT2D eigenvalue weighted by molar-refractivity contribution is 7.38. The van der Waals surface area contributed by atoms with Crippen LogP contribution in [-0.4, -0.2) is 6.54 Å². The molecule has 0 saturated heterocycles. The largest absolute Gasteiger partial charge is 0.408 e. The number of benzene rings is 1. The summed E-state index contributed by atoms with van der Waals surface area (Å²) in [5.74, 6) is 0.755. The Hall–Kier alpha value is -3.00. The number of rotatable bonds is 9. The minimum atomic E-state index is -1.52. The zero-order valence-corrected chi connectivity index (χ0v) is 20.6. The molecule has 0 radical (unpaired) electrons. The van der Waals surface area contributed by atoms with Gasteiger partial charge in [0, 0.05) is 23.4 Å². The van der Waals surface area contributed by atoms with Gasteiger partial charge in [-0.25, -0.2) is 0 Å². The molecule has 0 bridgehead atoms. The van der Waals surface area contributed by atoms with Crippen molar-refractivity contribution in [2.45, 2.75) is 33.7 Å². The van der Waals surface area contributed by atoms with Crippen molar-refractivity contribution in [3.63, 3.8) is 0 Å². The second-order valence-corrected chi connectivity index (χ2v) is 8.90. The maximum absolute atomic E-state index is 6.52. The summed E-state index contributed by atoms with van der Waals surface area (Å²) in [4.78, 5) is 0. The number of nitrogens with zero attached hydrogens (tertiary/aromatic N) is 1. The molecule has 0 amide bonds. The lowest BCUT2D eigenvalue weighted by atomic mass is 10.1. The Balaban J connectivity index is 2.86. The van der Waals surface area contributed by atoms with Crippen LogP contribution in [0.25, 0.3) is 18.7 Å². The molecule has 0 aliphatic carbocycles. The average molecular weight is 448 g/mol. The third-order valence-electron chi connectivity index (χ3n) is 5.20. The molecule has 0 aliphatic rings. The van der Waals surface area contributed by atoms with E-state index in [2.05, 4.69) is 50.0 Å². The first kappa shape index (κ1) is 25.3. The third-order valence-corrected chi connectivity index (χ3v) is 6.81. The Morgan fingerprint density at radius 2 is 1.84 bits per heavy atom. The molecule has 1 heterocycles. The van der Waals surface area contributed by atoms with Crippen LogP contribution in [0.1, 0.15) is 43.7 Å². The van der Waals surface area contributed by atoms with E-state index in [9.17, 15) is 0 Å². The second kappa shape index (κ2) is 12.1. The summed E-state index contributed by atoms with van der Waals surface area (Å²) in [6, 6.07) is 10.4. The van der Waals surface area contributed by atoms with Crippen LogP contribution in [0.2, 0.25) is 0 Å². The van der Waals surface area contributed by atoms with Gasteiger partial charge >= 0.3 is 8.16 Å². The summed E-state index contributed by atoms with van der Waals surface area (Å²) in [6.07, 6.45) is 11.3. The summed E-state index contributed by atoms with van der Waals surface area (Å²) in [6.45, 7) is 24.8. The highest BCUT2D eigenvalue weighted by Gasteiger charge is 2.24. The molecule has 32 heavy (non-hydrogen) atoms. The number of allylic oxidation sites excluding steroid dienone is 4. The number of hydrogen-bond donors (Lipinski definition) is 0. The molecule has 168 valence electrons. The van der Waals surface area contributed by atoms with Gasteiger partial charge in [0.15, 0.2) is 0 Å². The fraction of sp³-hybridized carbons (Fsp3) is 0.214. The summed E-state index contributed by atoms with van der Waals surface area (Å²) >= 11 is 0. The molecule has 2 aromatic rings. The van der Waals surface area contributed by atoms with Crippen LogP contribution in [0.3, 0.4) is 0 Å². The summed E-state index contributed by atoms with van der Waals surface area (Å²) in [5, 5.41) is 0.789. The second-order valence-electron chi connectivity index (χ2n) is 7.55. The molecule has 1 unspecified atom stereocenters. The monoisotopic (exact) mass is 447 g/mol. The molecule has 1 aromatic heterocycles. The zero-order valence-electron chi connectivity index (χ0n) is 19.7. The smallest absolute Gasteiger partial charge is 0.310 e. The molecule has 2 atom stereocenters. The van der Waals surface area contributed by atoms with Crippen LogP contribution >= 0.6 is 8.16 Å². The van der Waals surface area contributed by atoms with E-state index in [0.29, 0.717) is 12.0 Å². The summed E-state index contributed by atoms with van der Waals surface area (Å²) < 4.78 is 15.2. The van der Waals surface area contributed by atoms with Crippen molar-refractivity contribution in [3.05, 3.63) is 113 Å². The lowest BCUT2D eigenvalue weighted by Crippen LogP contribution is -2.28. The fourth-order valence-electron chi connectivity index (χ4n) is 3.18. The molecule has 0 saturated carbocycles. The van der Waals surface area contributed by atoms with Crippen molar-refractivity contribution in [1.82, 2.24) is 0 Å². The van der Waals surface area contributed by atoms with Crippen molar-refractivity contribution in [1.29, 1.82) is 0 Å². The van der Waals surface area contributed by atoms with E-state index < -0.39 is 8.16 Å². The lowest BCUT2D eigenvalue weighted by Gasteiger charge is -2.27. The van der Waals surface area contributed by atoms with E-state index in [1.807, 2.05) is 63.3 Å². The molecule has 4 heteroatoms. The van der Waals surface area contributed by atoms with Crippen LogP contribution in [0.15, 0.2) is 93.9 Å². The maximum Gasteiger partial charge on any atom is 0.310 e. The van der Waals surface area contributed by atoms with Crippen molar-refractivity contribution in [3.8, 4) is 0 Å². The quantitative estimate of drug-likeness (QED) is 0.384. The minimum Gasteiger partial charge on any atom is -0.408 e. The van der Waals surface area contributed by atoms with E-state index in [-0.39, 0.29) is 6.04 Å². The summed E-state index contributed by atoms with van der Waals surface area (Å²) in [7, 11) is -1.52. The maximum atomic E-state index is 6.52. The van der Waals surface area contributed by atoms with Gasteiger partial charge in [-0.05, 0) is 51.0 Å². The van der Waals surface area contributed by atoms with Gasteiger partial charge in [0.2, 0.25) is 0 Å². The Morgan fingerprint density at radius 1 is 1.16 bits per heavy atom. The first-order chi connectivity index (χ1) is 15.3. The van der Waals surface area contributed by atoms with Crippen LogP contribution in [0, 0.1) is 6.92 Å². The molecule has 0 fully saturated rings. The first-order valence-electron chi connectivity index (χ1n) is 10.6. The molecule has 2 rings (SSSR count). The van der Waals surface area contributed by atoms with E-state index in [0.717, 1.165) is 27.7 Å². The van der Waals surface area contributed by atoms with Crippen LogP contribution in [-0.2, 0) is 0 Å². The van der Waals surface area contributed by atoms with Gasteiger partial charge in [0.05, 0.1) is 0 Å². The topological polar surface area (TPSA) is 29.5 Å². The molecule has 0 N–H and O–H groups in total. The van der Waals surface area contributed by atoms with E-state index in [1.165, 1.54) is 5.56 Å².